The minimum absolute atomic E-state index is 0.285. The first kappa shape index (κ1) is 9.22. The number of aryl methyl sites for hydroxylation is 1. The molecule has 1 aliphatic heterocycles. The topological polar surface area (TPSA) is 29.3 Å². The van der Waals surface area contributed by atoms with Crippen LogP contribution in [0.2, 0.25) is 0 Å². The lowest BCUT2D eigenvalue weighted by molar-refractivity contribution is 0.713. The van der Waals surface area contributed by atoms with Gasteiger partial charge in [-0.05, 0) is 48.9 Å². The highest BCUT2D eigenvalue weighted by Gasteiger charge is 2.20. The van der Waals surface area contributed by atoms with Gasteiger partial charge in [-0.2, -0.15) is 0 Å². The van der Waals surface area contributed by atoms with Gasteiger partial charge < -0.3 is 10.6 Å². The molecule has 0 saturated carbocycles. The van der Waals surface area contributed by atoms with E-state index in [4.69, 9.17) is 5.73 Å². The molecule has 1 aliphatic carbocycles. The predicted octanol–water partition coefficient (Wildman–Crippen LogP) is 2.23. The Morgan fingerprint density at radius 3 is 2.80 bits per heavy atom. The summed E-state index contributed by atoms with van der Waals surface area (Å²) in [6.07, 6.45) is 4.98. The van der Waals surface area contributed by atoms with E-state index in [9.17, 15) is 0 Å². The number of fused-ring (bicyclic) bond motifs is 1. The minimum atomic E-state index is 0.285. The largest absolute Gasteiger partial charge is 0.372 e. The van der Waals surface area contributed by atoms with Crippen molar-refractivity contribution in [2.45, 2.75) is 31.7 Å². The third-order valence-electron chi connectivity index (χ3n) is 3.72. The van der Waals surface area contributed by atoms with Crippen LogP contribution in [0.25, 0.3) is 0 Å². The first-order valence-corrected chi connectivity index (χ1v) is 5.98. The van der Waals surface area contributed by atoms with Crippen LogP contribution in [0.5, 0.6) is 0 Å². The SMILES string of the molecule is NC1CCc2cc(N3CCCC3)ccc21. The molecule has 1 unspecified atom stereocenters. The number of hydrogen-bond acceptors (Lipinski definition) is 2. The lowest BCUT2D eigenvalue weighted by Gasteiger charge is -2.18. The molecule has 2 aliphatic rings. The van der Waals surface area contributed by atoms with E-state index in [2.05, 4.69) is 23.1 Å². The molecular formula is C13H18N2. The molecule has 3 rings (SSSR count). The molecule has 2 nitrogen and oxygen atoms in total. The van der Waals surface area contributed by atoms with Crippen LogP contribution in [0.4, 0.5) is 5.69 Å². The number of benzene rings is 1. The maximum atomic E-state index is 6.04. The Hall–Kier alpha value is -1.02. The first-order chi connectivity index (χ1) is 7.34. The lowest BCUT2D eigenvalue weighted by Crippen LogP contribution is -2.17. The summed E-state index contributed by atoms with van der Waals surface area (Å²) >= 11 is 0. The van der Waals surface area contributed by atoms with Crippen molar-refractivity contribution < 1.29 is 0 Å². The van der Waals surface area contributed by atoms with Gasteiger partial charge in [0.25, 0.3) is 0 Å². The van der Waals surface area contributed by atoms with E-state index >= 15 is 0 Å². The molecule has 0 bridgehead atoms. The maximum absolute atomic E-state index is 6.04. The second kappa shape index (κ2) is 3.53. The quantitative estimate of drug-likeness (QED) is 0.756. The van der Waals surface area contributed by atoms with Crippen molar-refractivity contribution in [3.05, 3.63) is 29.3 Å². The highest BCUT2D eigenvalue weighted by Crippen LogP contribution is 2.32. The van der Waals surface area contributed by atoms with Gasteiger partial charge in [0.15, 0.2) is 0 Å². The van der Waals surface area contributed by atoms with Crippen LogP contribution in [0.15, 0.2) is 18.2 Å². The van der Waals surface area contributed by atoms with Crippen LogP contribution in [0, 0.1) is 0 Å². The van der Waals surface area contributed by atoms with Gasteiger partial charge in [0.05, 0.1) is 0 Å². The van der Waals surface area contributed by atoms with Crippen LogP contribution in [-0.4, -0.2) is 13.1 Å². The second-order valence-electron chi connectivity index (χ2n) is 4.72. The molecule has 0 amide bonds. The Balaban J connectivity index is 1.92. The highest BCUT2D eigenvalue weighted by molar-refractivity contribution is 5.53. The number of nitrogens with zero attached hydrogens (tertiary/aromatic N) is 1. The fourth-order valence-corrected chi connectivity index (χ4v) is 2.81. The summed E-state index contributed by atoms with van der Waals surface area (Å²) in [5.41, 5.74) is 10.3. The van der Waals surface area contributed by atoms with E-state index in [1.807, 2.05) is 0 Å². The Labute approximate surface area is 91.1 Å². The third kappa shape index (κ3) is 1.53. The molecule has 0 aromatic heterocycles. The van der Waals surface area contributed by atoms with Gasteiger partial charge in [-0.15, -0.1) is 0 Å². The standard InChI is InChI=1S/C13H18N2/c14-13-6-3-10-9-11(4-5-12(10)13)15-7-1-2-8-15/h4-5,9,13H,1-3,6-8,14H2. The molecule has 1 saturated heterocycles. The summed E-state index contributed by atoms with van der Waals surface area (Å²) in [6.45, 7) is 2.45. The molecule has 2 heteroatoms. The van der Waals surface area contributed by atoms with Gasteiger partial charge in [-0.3, -0.25) is 0 Å². The van der Waals surface area contributed by atoms with E-state index in [1.165, 1.54) is 42.7 Å². The van der Waals surface area contributed by atoms with Crippen LogP contribution in [0.1, 0.15) is 36.4 Å². The number of nitrogens with two attached hydrogens (primary N) is 1. The molecule has 15 heavy (non-hydrogen) atoms. The maximum Gasteiger partial charge on any atom is 0.0369 e. The van der Waals surface area contributed by atoms with E-state index in [-0.39, 0.29) is 6.04 Å². The fourth-order valence-electron chi connectivity index (χ4n) is 2.81. The molecule has 2 N–H and O–H groups in total. The van der Waals surface area contributed by atoms with Gasteiger partial charge in [0.1, 0.15) is 0 Å². The minimum Gasteiger partial charge on any atom is -0.372 e. The van der Waals surface area contributed by atoms with Crippen molar-refractivity contribution in [3.63, 3.8) is 0 Å². The Morgan fingerprint density at radius 1 is 1.20 bits per heavy atom. The zero-order chi connectivity index (χ0) is 10.3. The number of anilines is 1. The van der Waals surface area contributed by atoms with E-state index in [1.54, 1.807) is 0 Å². The van der Waals surface area contributed by atoms with E-state index in [0.29, 0.717) is 0 Å². The average Bonchev–Trinajstić information content (AvgIpc) is 2.88. The second-order valence-corrected chi connectivity index (χ2v) is 4.72. The fraction of sp³-hybridized carbons (Fsp3) is 0.538. The Bertz CT molecular complexity index is 367. The number of hydrogen-bond donors (Lipinski definition) is 1. The molecule has 1 fully saturated rings. The van der Waals surface area contributed by atoms with Gasteiger partial charge in [0, 0.05) is 24.8 Å². The average molecular weight is 202 g/mol. The van der Waals surface area contributed by atoms with Crippen LogP contribution >= 0.6 is 0 Å². The van der Waals surface area contributed by atoms with Crippen molar-refractivity contribution in [1.82, 2.24) is 0 Å². The molecular weight excluding hydrogens is 184 g/mol. The zero-order valence-electron chi connectivity index (χ0n) is 9.08. The van der Waals surface area contributed by atoms with Crippen molar-refractivity contribution >= 4 is 5.69 Å². The predicted molar refractivity (Wildman–Crippen MR) is 63.1 cm³/mol. The van der Waals surface area contributed by atoms with E-state index in [0.717, 1.165) is 12.8 Å². The molecule has 1 heterocycles. The smallest absolute Gasteiger partial charge is 0.0369 e. The molecule has 1 atom stereocenters. The van der Waals surface area contributed by atoms with Gasteiger partial charge in [-0.1, -0.05) is 6.07 Å². The monoisotopic (exact) mass is 202 g/mol. The van der Waals surface area contributed by atoms with Gasteiger partial charge in [-0.25, -0.2) is 0 Å². The van der Waals surface area contributed by atoms with Gasteiger partial charge in [0.2, 0.25) is 0 Å². The Morgan fingerprint density at radius 2 is 2.00 bits per heavy atom. The van der Waals surface area contributed by atoms with Crippen molar-refractivity contribution in [2.75, 3.05) is 18.0 Å². The molecule has 0 spiro atoms. The normalized spacial score (nSPS) is 24.6. The zero-order valence-corrected chi connectivity index (χ0v) is 9.08. The molecule has 1 aromatic rings. The van der Waals surface area contributed by atoms with Crippen molar-refractivity contribution in [3.8, 4) is 0 Å². The van der Waals surface area contributed by atoms with Crippen molar-refractivity contribution in [2.24, 2.45) is 5.73 Å². The van der Waals surface area contributed by atoms with Crippen LogP contribution in [0.3, 0.4) is 0 Å². The van der Waals surface area contributed by atoms with Crippen molar-refractivity contribution in [1.29, 1.82) is 0 Å². The molecule has 0 radical (unpaired) electrons. The van der Waals surface area contributed by atoms with Gasteiger partial charge >= 0.3 is 0 Å². The lowest BCUT2D eigenvalue weighted by atomic mass is 10.1. The third-order valence-corrected chi connectivity index (χ3v) is 3.72. The number of rotatable bonds is 1. The summed E-state index contributed by atoms with van der Waals surface area (Å²) in [4.78, 5) is 2.49. The Kier molecular flexibility index (Phi) is 2.17. The van der Waals surface area contributed by atoms with Crippen LogP contribution < -0.4 is 10.6 Å². The summed E-state index contributed by atoms with van der Waals surface area (Å²) in [5.74, 6) is 0. The summed E-state index contributed by atoms with van der Waals surface area (Å²) in [5, 5.41) is 0. The molecule has 1 aromatic carbocycles. The molecule has 80 valence electrons. The van der Waals surface area contributed by atoms with E-state index < -0.39 is 0 Å². The first-order valence-electron chi connectivity index (χ1n) is 5.98. The summed E-state index contributed by atoms with van der Waals surface area (Å²) in [6, 6.07) is 7.12. The summed E-state index contributed by atoms with van der Waals surface area (Å²) in [7, 11) is 0. The van der Waals surface area contributed by atoms with Crippen LogP contribution in [-0.2, 0) is 6.42 Å². The highest BCUT2D eigenvalue weighted by atomic mass is 15.1. The summed E-state index contributed by atoms with van der Waals surface area (Å²) < 4.78 is 0.